The molecule has 3 heteroatoms. The predicted octanol–water partition coefficient (Wildman–Crippen LogP) is 3.31. The van der Waals surface area contributed by atoms with E-state index in [1.54, 1.807) is 0 Å². The van der Waals surface area contributed by atoms with E-state index in [4.69, 9.17) is 9.47 Å². The number of rotatable bonds is 8. The minimum absolute atomic E-state index is 0.216. The van der Waals surface area contributed by atoms with Gasteiger partial charge < -0.3 is 14.8 Å². The van der Waals surface area contributed by atoms with Crippen molar-refractivity contribution < 1.29 is 9.47 Å². The van der Waals surface area contributed by atoms with E-state index >= 15 is 0 Å². The van der Waals surface area contributed by atoms with Gasteiger partial charge in [-0.05, 0) is 38.8 Å². The summed E-state index contributed by atoms with van der Waals surface area (Å²) in [5.74, 6) is 0.966. The third-order valence-corrected chi connectivity index (χ3v) is 3.60. The van der Waals surface area contributed by atoms with Crippen LogP contribution < -0.4 is 10.1 Å². The molecule has 106 valence electrons. The fraction of sp³-hybridized carbons (Fsp3) is 0.625. The van der Waals surface area contributed by atoms with Gasteiger partial charge in [-0.25, -0.2) is 0 Å². The highest BCUT2D eigenvalue weighted by Crippen LogP contribution is 2.28. The van der Waals surface area contributed by atoms with E-state index in [2.05, 4.69) is 24.4 Å². The van der Waals surface area contributed by atoms with Crippen molar-refractivity contribution in [2.24, 2.45) is 0 Å². The summed E-state index contributed by atoms with van der Waals surface area (Å²) in [4.78, 5) is 0. The van der Waals surface area contributed by atoms with Crippen molar-refractivity contribution in [2.75, 3.05) is 19.8 Å². The van der Waals surface area contributed by atoms with Gasteiger partial charge in [-0.2, -0.15) is 0 Å². The maximum atomic E-state index is 5.96. The van der Waals surface area contributed by atoms with E-state index in [-0.39, 0.29) is 6.04 Å². The maximum absolute atomic E-state index is 5.96. The van der Waals surface area contributed by atoms with E-state index in [1.165, 1.54) is 24.8 Å². The van der Waals surface area contributed by atoms with Crippen LogP contribution in [0.3, 0.4) is 0 Å². The summed E-state index contributed by atoms with van der Waals surface area (Å²) in [6.07, 6.45) is 4.21. The van der Waals surface area contributed by atoms with Gasteiger partial charge in [-0.15, -0.1) is 0 Å². The fourth-order valence-corrected chi connectivity index (χ4v) is 2.33. The van der Waals surface area contributed by atoms with Gasteiger partial charge in [-0.3, -0.25) is 0 Å². The molecule has 1 aromatic rings. The normalized spacial score (nSPS) is 16.9. The molecule has 1 saturated carbocycles. The molecule has 0 radical (unpaired) electrons. The van der Waals surface area contributed by atoms with Crippen LogP contribution in [0.25, 0.3) is 0 Å². The molecule has 1 aliphatic rings. The molecule has 0 spiro atoms. The van der Waals surface area contributed by atoms with Gasteiger partial charge in [0, 0.05) is 5.56 Å². The second kappa shape index (κ2) is 7.51. The van der Waals surface area contributed by atoms with Gasteiger partial charge in [0.15, 0.2) is 0 Å². The number of nitrogens with one attached hydrogen (secondary N) is 1. The van der Waals surface area contributed by atoms with Gasteiger partial charge in [0.1, 0.15) is 5.75 Å². The first-order valence-electron chi connectivity index (χ1n) is 7.41. The average molecular weight is 263 g/mol. The van der Waals surface area contributed by atoms with Crippen molar-refractivity contribution in [3.8, 4) is 5.75 Å². The average Bonchev–Trinajstić information content (AvgIpc) is 2.37. The van der Waals surface area contributed by atoms with Crippen LogP contribution in [-0.2, 0) is 4.74 Å². The smallest absolute Gasteiger partial charge is 0.124 e. The first-order valence-corrected chi connectivity index (χ1v) is 7.41. The van der Waals surface area contributed by atoms with Crippen molar-refractivity contribution in [2.45, 2.75) is 45.3 Å². The Morgan fingerprint density at radius 1 is 1.26 bits per heavy atom. The Bertz CT molecular complexity index is 377. The topological polar surface area (TPSA) is 30.5 Å². The summed E-state index contributed by atoms with van der Waals surface area (Å²) in [6.45, 7) is 6.49. The van der Waals surface area contributed by atoms with Crippen LogP contribution in [0.2, 0.25) is 0 Å². The largest absolute Gasteiger partial charge is 0.494 e. The Balaban J connectivity index is 2.03. The monoisotopic (exact) mass is 263 g/mol. The molecule has 2 rings (SSSR count). The van der Waals surface area contributed by atoms with E-state index in [9.17, 15) is 0 Å². The second-order valence-electron chi connectivity index (χ2n) is 4.97. The number of hydrogen-bond acceptors (Lipinski definition) is 3. The van der Waals surface area contributed by atoms with Gasteiger partial charge in [0.05, 0.1) is 25.4 Å². The second-order valence-corrected chi connectivity index (χ2v) is 4.97. The van der Waals surface area contributed by atoms with Crippen LogP contribution in [0.4, 0.5) is 0 Å². The fourth-order valence-electron chi connectivity index (χ4n) is 2.33. The van der Waals surface area contributed by atoms with Gasteiger partial charge in [0.25, 0.3) is 0 Å². The van der Waals surface area contributed by atoms with Crippen LogP contribution in [0, 0.1) is 0 Å². The molecule has 0 aromatic heterocycles. The summed E-state index contributed by atoms with van der Waals surface area (Å²) < 4.78 is 11.7. The highest BCUT2D eigenvalue weighted by atomic mass is 16.5. The van der Waals surface area contributed by atoms with Crippen molar-refractivity contribution >= 4 is 0 Å². The van der Waals surface area contributed by atoms with Crippen LogP contribution in [-0.4, -0.2) is 25.9 Å². The molecule has 0 aliphatic heterocycles. The quantitative estimate of drug-likeness (QED) is 0.780. The lowest BCUT2D eigenvalue weighted by molar-refractivity contribution is -0.00889. The standard InChI is InChI=1S/C16H25NO2/c1-3-17-15(12-19-13-8-7-9-13)14-10-5-6-11-16(14)18-4-2/h5-6,10-11,13,15,17H,3-4,7-9,12H2,1-2H3. The van der Waals surface area contributed by atoms with Crippen molar-refractivity contribution in [1.29, 1.82) is 0 Å². The molecule has 0 heterocycles. The number of likely N-dealkylation sites (N-methyl/N-ethyl adjacent to an activating group) is 1. The molecule has 0 bridgehead atoms. The van der Waals surface area contributed by atoms with E-state index in [1.807, 2.05) is 19.1 Å². The molecular formula is C16H25NO2. The van der Waals surface area contributed by atoms with Crippen molar-refractivity contribution in [3.63, 3.8) is 0 Å². The Kier molecular flexibility index (Phi) is 5.67. The molecule has 19 heavy (non-hydrogen) atoms. The summed E-state index contributed by atoms with van der Waals surface area (Å²) in [7, 11) is 0. The highest BCUT2D eigenvalue weighted by Gasteiger charge is 2.21. The Morgan fingerprint density at radius 2 is 2.05 bits per heavy atom. The molecular weight excluding hydrogens is 238 g/mol. The molecule has 1 unspecified atom stereocenters. The van der Waals surface area contributed by atoms with Gasteiger partial charge in [-0.1, -0.05) is 25.1 Å². The molecule has 3 nitrogen and oxygen atoms in total. The zero-order chi connectivity index (χ0) is 13.5. The van der Waals surface area contributed by atoms with Crippen molar-refractivity contribution in [1.82, 2.24) is 5.32 Å². The highest BCUT2D eigenvalue weighted by molar-refractivity contribution is 5.36. The third kappa shape index (κ3) is 3.95. The molecule has 1 aliphatic carbocycles. The maximum Gasteiger partial charge on any atom is 0.124 e. The number of benzene rings is 1. The first kappa shape index (κ1) is 14.4. The summed E-state index contributed by atoms with van der Waals surface area (Å²) >= 11 is 0. The Morgan fingerprint density at radius 3 is 2.68 bits per heavy atom. The molecule has 1 aromatic carbocycles. The zero-order valence-electron chi connectivity index (χ0n) is 12.0. The van der Waals surface area contributed by atoms with E-state index in [0.29, 0.717) is 12.7 Å². The lowest BCUT2D eigenvalue weighted by atomic mass is 9.96. The minimum atomic E-state index is 0.216. The van der Waals surface area contributed by atoms with Gasteiger partial charge in [0.2, 0.25) is 0 Å². The summed E-state index contributed by atoms with van der Waals surface area (Å²) in [5.41, 5.74) is 1.20. The van der Waals surface area contributed by atoms with Crippen LogP contribution in [0.1, 0.15) is 44.7 Å². The number of para-hydroxylation sites is 1. The molecule has 1 fully saturated rings. The number of ether oxygens (including phenoxy) is 2. The lowest BCUT2D eigenvalue weighted by Gasteiger charge is -2.29. The van der Waals surface area contributed by atoms with E-state index in [0.717, 1.165) is 18.9 Å². The molecule has 1 atom stereocenters. The third-order valence-electron chi connectivity index (χ3n) is 3.60. The van der Waals surface area contributed by atoms with Crippen molar-refractivity contribution in [3.05, 3.63) is 29.8 Å². The number of hydrogen-bond donors (Lipinski definition) is 1. The Labute approximate surface area is 116 Å². The summed E-state index contributed by atoms with van der Waals surface area (Å²) in [5, 5.41) is 3.50. The van der Waals surface area contributed by atoms with Crippen LogP contribution in [0.15, 0.2) is 24.3 Å². The first-order chi connectivity index (χ1) is 9.35. The van der Waals surface area contributed by atoms with Gasteiger partial charge >= 0.3 is 0 Å². The summed E-state index contributed by atoms with van der Waals surface area (Å²) in [6, 6.07) is 8.46. The molecule has 0 amide bonds. The molecule has 1 N–H and O–H groups in total. The SMILES string of the molecule is CCNC(COC1CCC1)c1ccccc1OCC. The Hall–Kier alpha value is -1.06. The predicted molar refractivity (Wildman–Crippen MR) is 77.6 cm³/mol. The zero-order valence-corrected chi connectivity index (χ0v) is 12.0. The van der Waals surface area contributed by atoms with E-state index < -0.39 is 0 Å². The lowest BCUT2D eigenvalue weighted by Crippen LogP contribution is -2.30. The molecule has 0 saturated heterocycles. The van der Waals surface area contributed by atoms with Crippen LogP contribution >= 0.6 is 0 Å². The van der Waals surface area contributed by atoms with Crippen LogP contribution in [0.5, 0.6) is 5.75 Å². The minimum Gasteiger partial charge on any atom is -0.494 e.